The monoisotopic (exact) mass is 160 g/mol. The molecule has 58 valence electrons. The van der Waals surface area contributed by atoms with Crippen LogP contribution in [-0.2, 0) is 4.79 Å². The molecule has 0 bridgehead atoms. The lowest BCUT2D eigenvalue weighted by atomic mass is 9.91. The Hall–Kier alpha value is -0.300. The second kappa shape index (κ2) is 3.77. The van der Waals surface area contributed by atoms with Crippen LogP contribution in [0.2, 0.25) is 0 Å². The lowest BCUT2D eigenvalue weighted by molar-refractivity contribution is -0.114. The third-order valence-corrected chi connectivity index (χ3v) is 1.38. The minimum absolute atomic E-state index is 0.268. The standard InChI is InChI=1S/C8H13ClO/c1-7(9)4-5-8(2,3)6-10/h4,6H,5H2,1-3H3/b7-4-. The van der Waals surface area contributed by atoms with Crippen molar-refractivity contribution in [2.24, 2.45) is 5.41 Å². The number of allylic oxidation sites excluding steroid dienone is 2. The number of carbonyl (C=O) groups excluding carboxylic acids is 1. The molecule has 0 aliphatic rings. The zero-order valence-electron chi connectivity index (χ0n) is 6.65. The van der Waals surface area contributed by atoms with Crippen LogP contribution in [0.15, 0.2) is 11.1 Å². The van der Waals surface area contributed by atoms with Gasteiger partial charge in [0, 0.05) is 10.4 Å². The fourth-order valence-corrected chi connectivity index (χ4v) is 0.529. The fraction of sp³-hybridized carbons (Fsp3) is 0.625. The molecular formula is C8H13ClO. The molecule has 0 radical (unpaired) electrons. The summed E-state index contributed by atoms with van der Waals surface area (Å²) in [6, 6.07) is 0. The van der Waals surface area contributed by atoms with Crippen molar-refractivity contribution >= 4 is 17.9 Å². The molecule has 0 saturated carbocycles. The lowest BCUT2D eigenvalue weighted by Crippen LogP contribution is -2.10. The van der Waals surface area contributed by atoms with Crippen LogP contribution in [0.25, 0.3) is 0 Å². The largest absolute Gasteiger partial charge is 0.303 e. The van der Waals surface area contributed by atoms with Gasteiger partial charge >= 0.3 is 0 Å². The molecule has 0 spiro atoms. The van der Waals surface area contributed by atoms with E-state index in [1.165, 1.54) is 0 Å². The number of carbonyl (C=O) groups is 1. The van der Waals surface area contributed by atoms with Gasteiger partial charge in [0.05, 0.1) is 0 Å². The smallest absolute Gasteiger partial charge is 0.125 e. The van der Waals surface area contributed by atoms with Gasteiger partial charge in [-0.05, 0) is 13.3 Å². The molecule has 0 aromatic rings. The number of hydrogen-bond acceptors (Lipinski definition) is 1. The van der Waals surface area contributed by atoms with Crippen LogP contribution < -0.4 is 0 Å². The maximum Gasteiger partial charge on any atom is 0.125 e. The summed E-state index contributed by atoms with van der Waals surface area (Å²) < 4.78 is 0. The van der Waals surface area contributed by atoms with Gasteiger partial charge in [-0.2, -0.15) is 0 Å². The molecule has 0 N–H and O–H groups in total. The van der Waals surface area contributed by atoms with E-state index in [1.807, 2.05) is 26.8 Å². The maximum atomic E-state index is 10.4. The van der Waals surface area contributed by atoms with E-state index < -0.39 is 0 Å². The molecule has 0 fully saturated rings. The molecule has 0 aliphatic heterocycles. The van der Waals surface area contributed by atoms with Gasteiger partial charge < -0.3 is 4.79 Å². The van der Waals surface area contributed by atoms with Gasteiger partial charge in [0.1, 0.15) is 6.29 Å². The number of rotatable bonds is 3. The van der Waals surface area contributed by atoms with E-state index in [-0.39, 0.29) is 5.41 Å². The van der Waals surface area contributed by atoms with Crippen molar-refractivity contribution < 1.29 is 4.79 Å². The molecule has 10 heavy (non-hydrogen) atoms. The molecule has 1 nitrogen and oxygen atoms in total. The predicted molar refractivity (Wildman–Crippen MR) is 44.1 cm³/mol. The molecule has 0 heterocycles. The predicted octanol–water partition coefficient (Wildman–Crippen LogP) is 2.74. The summed E-state index contributed by atoms with van der Waals surface area (Å²) in [7, 11) is 0. The van der Waals surface area contributed by atoms with E-state index in [1.54, 1.807) is 0 Å². The second-order valence-electron chi connectivity index (χ2n) is 3.10. The quantitative estimate of drug-likeness (QED) is 0.581. The number of aldehydes is 1. The topological polar surface area (TPSA) is 17.1 Å². The molecule has 0 aliphatic carbocycles. The highest BCUT2D eigenvalue weighted by atomic mass is 35.5. The average molecular weight is 161 g/mol. The van der Waals surface area contributed by atoms with Crippen molar-refractivity contribution in [3.63, 3.8) is 0 Å². The number of hydrogen-bond donors (Lipinski definition) is 0. The highest BCUT2D eigenvalue weighted by Crippen LogP contribution is 2.18. The van der Waals surface area contributed by atoms with E-state index in [4.69, 9.17) is 11.6 Å². The molecule has 0 rings (SSSR count). The molecule has 0 unspecified atom stereocenters. The third-order valence-electron chi connectivity index (χ3n) is 1.23. The Balaban J connectivity index is 3.90. The normalized spacial score (nSPS) is 13.4. The van der Waals surface area contributed by atoms with Gasteiger partial charge in [0.25, 0.3) is 0 Å². The van der Waals surface area contributed by atoms with Gasteiger partial charge in [-0.15, -0.1) is 0 Å². The van der Waals surface area contributed by atoms with Crippen LogP contribution in [0, 0.1) is 5.41 Å². The van der Waals surface area contributed by atoms with E-state index in [0.29, 0.717) is 6.42 Å². The molecule has 0 amide bonds. The Morgan fingerprint density at radius 2 is 2.10 bits per heavy atom. The summed E-state index contributed by atoms with van der Waals surface area (Å²) >= 11 is 5.59. The first-order chi connectivity index (χ1) is 4.48. The van der Waals surface area contributed by atoms with Crippen LogP contribution >= 0.6 is 11.6 Å². The van der Waals surface area contributed by atoms with Gasteiger partial charge in [-0.25, -0.2) is 0 Å². The Morgan fingerprint density at radius 1 is 1.60 bits per heavy atom. The third kappa shape index (κ3) is 4.57. The van der Waals surface area contributed by atoms with Crippen LogP contribution in [0.5, 0.6) is 0 Å². The van der Waals surface area contributed by atoms with Gasteiger partial charge in [0.15, 0.2) is 0 Å². The second-order valence-corrected chi connectivity index (χ2v) is 3.70. The van der Waals surface area contributed by atoms with Crippen LogP contribution in [0.4, 0.5) is 0 Å². The van der Waals surface area contributed by atoms with Crippen molar-refractivity contribution in [2.45, 2.75) is 27.2 Å². The van der Waals surface area contributed by atoms with E-state index in [0.717, 1.165) is 11.3 Å². The molecule has 2 heteroatoms. The zero-order chi connectivity index (χ0) is 8.20. The summed E-state index contributed by atoms with van der Waals surface area (Å²) in [4.78, 5) is 10.4. The molecule has 0 aromatic carbocycles. The minimum Gasteiger partial charge on any atom is -0.303 e. The highest BCUT2D eigenvalue weighted by molar-refractivity contribution is 6.29. The first-order valence-electron chi connectivity index (χ1n) is 3.26. The summed E-state index contributed by atoms with van der Waals surface area (Å²) in [6.45, 7) is 5.58. The first kappa shape index (κ1) is 9.70. The summed E-state index contributed by atoms with van der Waals surface area (Å²) in [5.74, 6) is 0. The summed E-state index contributed by atoms with van der Waals surface area (Å²) in [5.41, 5.74) is -0.268. The van der Waals surface area contributed by atoms with Gasteiger partial charge in [-0.3, -0.25) is 0 Å². The molecular weight excluding hydrogens is 148 g/mol. The summed E-state index contributed by atoms with van der Waals surface area (Å²) in [6.07, 6.45) is 3.52. The Morgan fingerprint density at radius 3 is 2.40 bits per heavy atom. The van der Waals surface area contributed by atoms with Crippen molar-refractivity contribution in [3.05, 3.63) is 11.1 Å². The minimum atomic E-state index is -0.268. The highest BCUT2D eigenvalue weighted by Gasteiger charge is 2.13. The van der Waals surface area contributed by atoms with Crippen LogP contribution in [0.1, 0.15) is 27.2 Å². The molecule has 0 saturated heterocycles. The van der Waals surface area contributed by atoms with Crippen LogP contribution in [-0.4, -0.2) is 6.29 Å². The SMILES string of the molecule is C/C(Cl)=C/CC(C)(C)C=O. The van der Waals surface area contributed by atoms with Gasteiger partial charge in [0.2, 0.25) is 0 Å². The van der Waals surface area contributed by atoms with Gasteiger partial charge in [-0.1, -0.05) is 31.5 Å². The average Bonchev–Trinajstić information content (AvgIpc) is 1.85. The van der Waals surface area contributed by atoms with Crippen molar-refractivity contribution in [3.8, 4) is 0 Å². The maximum absolute atomic E-state index is 10.4. The summed E-state index contributed by atoms with van der Waals surface area (Å²) in [5, 5.41) is 0.745. The van der Waals surface area contributed by atoms with Crippen molar-refractivity contribution in [1.82, 2.24) is 0 Å². The number of halogens is 1. The van der Waals surface area contributed by atoms with E-state index >= 15 is 0 Å². The fourth-order valence-electron chi connectivity index (χ4n) is 0.452. The lowest BCUT2D eigenvalue weighted by Gasteiger charge is -2.12. The molecule has 0 atom stereocenters. The molecule has 0 aromatic heterocycles. The van der Waals surface area contributed by atoms with Crippen molar-refractivity contribution in [2.75, 3.05) is 0 Å². The van der Waals surface area contributed by atoms with E-state index in [2.05, 4.69) is 0 Å². The Kier molecular flexibility index (Phi) is 3.66. The Bertz CT molecular complexity index is 143. The zero-order valence-corrected chi connectivity index (χ0v) is 7.40. The van der Waals surface area contributed by atoms with E-state index in [9.17, 15) is 4.79 Å². The Labute approximate surface area is 67.1 Å². The van der Waals surface area contributed by atoms with Crippen molar-refractivity contribution in [1.29, 1.82) is 0 Å². The first-order valence-corrected chi connectivity index (χ1v) is 3.64. The van der Waals surface area contributed by atoms with Crippen LogP contribution in [0.3, 0.4) is 0 Å².